The van der Waals surface area contributed by atoms with Crippen molar-refractivity contribution >= 4 is 37.8 Å². The fourth-order valence-corrected chi connectivity index (χ4v) is 4.40. The molecule has 0 aliphatic carbocycles. The van der Waals surface area contributed by atoms with Crippen molar-refractivity contribution in [3.8, 4) is 5.75 Å². The summed E-state index contributed by atoms with van der Waals surface area (Å²) in [5.41, 5.74) is 1.63. The van der Waals surface area contributed by atoms with E-state index in [1.807, 2.05) is 12.1 Å². The van der Waals surface area contributed by atoms with E-state index in [4.69, 9.17) is 21.3 Å². The highest BCUT2D eigenvalue weighted by atomic mass is 35.5. The van der Waals surface area contributed by atoms with Crippen molar-refractivity contribution < 1.29 is 9.63 Å². The van der Waals surface area contributed by atoms with Gasteiger partial charge in [-0.3, -0.25) is 4.34 Å². The predicted molar refractivity (Wildman–Crippen MR) is 119 cm³/mol. The van der Waals surface area contributed by atoms with Gasteiger partial charge in [0.1, 0.15) is 32.2 Å². The van der Waals surface area contributed by atoms with Crippen molar-refractivity contribution in [2.24, 2.45) is 4.99 Å². The Balaban J connectivity index is 1.43. The Bertz CT molecular complexity index is 1030. The molecule has 0 fully saturated rings. The SMILES string of the molecule is C=C1NC=Nc2nc(CCCP(O)n3ccnc3)n(CCOc3ccc(Cl)cc3)c21. The Morgan fingerprint density at radius 2 is 2.10 bits per heavy atom. The zero-order chi connectivity index (χ0) is 20.9. The number of halogens is 1. The molecule has 2 N–H and O–H groups in total. The highest BCUT2D eigenvalue weighted by Crippen LogP contribution is 2.33. The highest BCUT2D eigenvalue weighted by molar-refractivity contribution is 7.49. The summed E-state index contributed by atoms with van der Waals surface area (Å²) < 4.78 is 9.71. The lowest BCUT2D eigenvalue weighted by atomic mass is 10.3. The van der Waals surface area contributed by atoms with Crippen LogP contribution >= 0.6 is 19.9 Å². The summed E-state index contributed by atoms with van der Waals surface area (Å²) in [4.78, 5) is 23.4. The summed E-state index contributed by atoms with van der Waals surface area (Å²) in [6.07, 6.45) is 8.86. The van der Waals surface area contributed by atoms with Gasteiger partial charge in [-0.2, -0.15) is 0 Å². The first-order valence-corrected chi connectivity index (χ1v) is 11.3. The van der Waals surface area contributed by atoms with Gasteiger partial charge in [-0.05, 0) is 30.7 Å². The number of aromatic nitrogens is 4. The van der Waals surface area contributed by atoms with E-state index in [2.05, 4.69) is 26.4 Å². The smallest absolute Gasteiger partial charge is 0.181 e. The van der Waals surface area contributed by atoms with Gasteiger partial charge in [-0.25, -0.2) is 15.0 Å². The minimum absolute atomic E-state index is 0.468. The van der Waals surface area contributed by atoms with Crippen LogP contribution in [0.1, 0.15) is 17.9 Å². The fraction of sp³-hybridized carbons (Fsp3) is 0.250. The van der Waals surface area contributed by atoms with E-state index in [9.17, 15) is 4.89 Å². The molecule has 0 bridgehead atoms. The number of aliphatic imine (C=N–C) groups is 1. The second kappa shape index (κ2) is 9.43. The first kappa shape index (κ1) is 20.6. The molecule has 2 aromatic heterocycles. The van der Waals surface area contributed by atoms with Crippen molar-refractivity contribution in [3.63, 3.8) is 0 Å². The maximum atomic E-state index is 10.3. The van der Waals surface area contributed by atoms with Crippen molar-refractivity contribution in [3.05, 3.63) is 66.1 Å². The van der Waals surface area contributed by atoms with Crippen LogP contribution in [0.25, 0.3) is 5.70 Å². The molecule has 3 aromatic rings. The number of nitrogens with one attached hydrogen (secondary N) is 1. The topological polar surface area (TPSA) is 89.5 Å². The van der Waals surface area contributed by atoms with Crippen LogP contribution in [0, 0.1) is 0 Å². The zero-order valence-electron chi connectivity index (χ0n) is 16.3. The Morgan fingerprint density at radius 3 is 2.87 bits per heavy atom. The molecule has 1 aliphatic heterocycles. The van der Waals surface area contributed by atoms with E-state index in [0.717, 1.165) is 29.4 Å². The van der Waals surface area contributed by atoms with Crippen LogP contribution in [0.15, 0.2) is 54.6 Å². The molecule has 1 aromatic carbocycles. The van der Waals surface area contributed by atoms with Crippen molar-refractivity contribution in [2.75, 3.05) is 12.8 Å². The lowest BCUT2D eigenvalue weighted by molar-refractivity contribution is 0.295. The van der Waals surface area contributed by atoms with Gasteiger partial charge in [0.2, 0.25) is 0 Å². The Kier molecular flexibility index (Phi) is 6.47. The number of fused-ring (bicyclic) bond motifs is 1. The van der Waals surface area contributed by atoms with Crippen LogP contribution in [0.4, 0.5) is 5.82 Å². The molecule has 0 radical (unpaired) electrons. The van der Waals surface area contributed by atoms with Crippen molar-refractivity contribution in [2.45, 2.75) is 19.4 Å². The van der Waals surface area contributed by atoms with E-state index < -0.39 is 8.30 Å². The summed E-state index contributed by atoms with van der Waals surface area (Å²) in [6.45, 7) is 5.15. The average molecular weight is 445 g/mol. The lowest BCUT2D eigenvalue weighted by Crippen LogP contribution is -2.19. The average Bonchev–Trinajstić information content (AvgIpc) is 3.39. The number of hydrogen-bond acceptors (Lipinski definition) is 6. The molecule has 0 saturated heterocycles. The summed E-state index contributed by atoms with van der Waals surface area (Å²) >= 11 is 5.93. The molecule has 156 valence electrons. The summed E-state index contributed by atoms with van der Waals surface area (Å²) in [5, 5.41) is 3.72. The number of benzene rings is 1. The predicted octanol–water partition coefficient (Wildman–Crippen LogP) is 3.83. The molecule has 8 nitrogen and oxygen atoms in total. The van der Waals surface area contributed by atoms with Crippen LogP contribution in [0.3, 0.4) is 0 Å². The van der Waals surface area contributed by atoms with Crippen molar-refractivity contribution in [1.29, 1.82) is 0 Å². The normalized spacial score (nSPS) is 13.7. The van der Waals surface area contributed by atoms with Crippen LogP contribution in [0.5, 0.6) is 5.75 Å². The molecule has 0 spiro atoms. The maximum Gasteiger partial charge on any atom is 0.181 e. The molecule has 0 amide bonds. The third kappa shape index (κ3) is 4.73. The molecule has 0 saturated carbocycles. The molecular formula is C20H22ClN6O2P. The molecule has 1 unspecified atom stereocenters. The Hall–Kier alpha value is -2.67. The summed E-state index contributed by atoms with van der Waals surface area (Å²) in [5.74, 6) is 2.31. The minimum Gasteiger partial charge on any atom is -0.492 e. The zero-order valence-corrected chi connectivity index (χ0v) is 17.9. The molecule has 10 heteroatoms. The van der Waals surface area contributed by atoms with Gasteiger partial charge in [-0.15, -0.1) is 0 Å². The van der Waals surface area contributed by atoms with Crippen LogP contribution < -0.4 is 10.1 Å². The number of imidazole rings is 2. The van der Waals surface area contributed by atoms with E-state index in [-0.39, 0.29) is 0 Å². The monoisotopic (exact) mass is 444 g/mol. The van der Waals surface area contributed by atoms with E-state index >= 15 is 0 Å². The van der Waals surface area contributed by atoms with Gasteiger partial charge in [0.05, 0.1) is 24.9 Å². The fourth-order valence-electron chi connectivity index (χ4n) is 3.21. The summed E-state index contributed by atoms with van der Waals surface area (Å²) in [7, 11) is -1.27. The number of nitrogens with zero attached hydrogens (tertiary/aromatic N) is 5. The molecule has 30 heavy (non-hydrogen) atoms. The second-order valence-corrected chi connectivity index (χ2v) is 8.77. The minimum atomic E-state index is -1.27. The van der Waals surface area contributed by atoms with Gasteiger partial charge in [0.15, 0.2) is 5.82 Å². The van der Waals surface area contributed by atoms with E-state index in [1.165, 1.54) is 0 Å². The van der Waals surface area contributed by atoms with Crippen LogP contribution in [-0.2, 0) is 13.0 Å². The maximum absolute atomic E-state index is 10.3. The molecule has 4 rings (SSSR count). The van der Waals surface area contributed by atoms with E-state index in [0.29, 0.717) is 36.6 Å². The second-order valence-electron chi connectivity index (χ2n) is 6.68. The number of hydrogen-bond donors (Lipinski definition) is 2. The van der Waals surface area contributed by atoms with Gasteiger partial charge in [0, 0.05) is 30.0 Å². The molecule has 1 aliphatic rings. The number of ether oxygens (including phenoxy) is 1. The highest BCUT2D eigenvalue weighted by Gasteiger charge is 2.21. The van der Waals surface area contributed by atoms with E-state index in [1.54, 1.807) is 41.5 Å². The molecular weight excluding hydrogens is 423 g/mol. The number of aryl methyl sites for hydroxylation is 1. The first-order valence-electron chi connectivity index (χ1n) is 9.52. The molecule has 3 heterocycles. The Morgan fingerprint density at radius 1 is 1.27 bits per heavy atom. The first-order chi connectivity index (χ1) is 14.6. The third-order valence-electron chi connectivity index (χ3n) is 4.65. The standard InChI is InChI=1S/C20H22ClN6O2P/c1-15-19-20(24-13-23-15)25-18(3-2-12-30(28)26-9-8-22-14-26)27(19)10-11-29-17-6-4-16(21)5-7-17/h4-9,13-14,28H,1-3,10-12H2,(H,23,24). The van der Waals surface area contributed by atoms with Gasteiger partial charge >= 0.3 is 0 Å². The van der Waals surface area contributed by atoms with Gasteiger partial charge < -0.3 is 19.5 Å². The van der Waals surface area contributed by atoms with Gasteiger partial charge in [0.25, 0.3) is 0 Å². The summed E-state index contributed by atoms with van der Waals surface area (Å²) in [6, 6.07) is 7.29. The lowest BCUT2D eigenvalue weighted by Gasteiger charge is -2.16. The Labute approximate surface area is 180 Å². The number of rotatable bonds is 9. The van der Waals surface area contributed by atoms with Crippen molar-refractivity contribution in [1.82, 2.24) is 24.2 Å². The molecule has 1 atom stereocenters. The van der Waals surface area contributed by atoms with Gasteiger partial charge in [-0.1, -0.05) is 18.2 Å². The largest absolute Gasteiger partial charge is 0.492 e. The third-order valence-corrected chi connectivity index (χ3v) is 6.39. The van der Waals surface area contributed by atoms with Crippen LogP contribution in [-0.4, -0.2) is 42.9 Å². The quantitative estimate of drug-likeness (QED) is 0.489. The van der Waals surface area contributed by atoms with Crippen LogP contribution in [0.2, 0.25) is 5.02 Å².